The number of carboxylic acid groups (broad SMARTS) is 1. The van der Waals surface area contributed by atoms with Gasteiger partial charge in [-0.05, 0) is 12.5 Å². The summed E-state index contributed by atoms with van der Waals surface area (Å²) in [5.41, 5.74) is 0.699. The molecule has 3 N–H and O–H groups in total. The Balaban J connectivity index is 2.71. The summed E-state index contributed by atoms with van der Waals surface area (Å²) in [6.45, 7) is 1.30. The number of hydrogen-bond acceptors (Lipinski definition) is 5. The van der Waals surface area contributed by atoms with Crippen molar-refractivity contribution in [1.82, 2.24) is 5.32 Å². The molecular formula is C14H17NO7S. The third-order valence-corrected chi connectivity index (χ3v) is 3.84. The third-order valence-electron chi connectivity index (χ3n) is 3.09. The summed E-state index contributed by atoms with van der Waals surface area (Å²) in [5.74, 6) is -5.31. The van der Waals surface area contributed by atoms with Crippen LogP contribution in [0.3, 0.4) is 0 Å². The van der Waals surface area contributed by atoms with Gasteiger partial charge in [-0.25, -0.2) is 4.79 Å². The second-order valence-corrected chi connectivity index (χ2v) is 6.50. The van der Waals surface area contributed by atoms with E-state index >= 15 is 0 Å². The molecule has 0 radical (unpaired) electrons. The van der Waals surface area contributed by atoms with Crippen molar-refractivity contribution in [1.29, 1.82) is 0 Å². The van der Waals surface area contributed by atoms with Crippen LogP contribution < -0.4 is 5.32 Å². The molecule has 23 heavy (non-hydrogen) atoms. The number of amides is 1. The van der Waals surface area contributed by atoms with E-state index in [0.29, 0.717) is 5.56 Å². The molecule has 0 fully saturated rings. The number of nitrogens with one attached hydrogen (secondary N) is 1. The zero-order chi connectivity index (χ0) is 17.6. The topological polar surface area (TPSA) is 138 Å². The first-order valence-corrected chi connectivity index (χ1v) is 8.26. The van der Waals surface area contributed by atoms with E-state index in [1.165, 1.54) is 6.92 Å². The largest absolute Gasteiger partial charge is 0.480 e. The zero-order valence-electron chi connectivity index (χ0n) is 12.3. The number of carbonyl (C=O) groups excluding carboxylic acids is 2. The number of ketones is 1. The predicted molar refractivity (Wildman–Crippen MR) is 80.3 cm³/mol. The lowest BCUT2D eigenvalue weighted by Crippen LogP contribution is -2.48. The van der Waals surface area contributed by atoms with E-state index in [4.69, 9.17) is 9.66 Å². The first kappa shape index (κ1) is 18.8. The van der Waals surface area contributed by atoms with Gasteiger partial charge in [-0.2, -0.15) is 8.42 Å². The average Bonchev–Trinajstić information content (AvgIpc) is 2.45. The predicted octanol–water partition coefficient (Wildman–Crippen LogP) is -0.108. The van der Waals surface area contributed by atoms with Gasteiger partial charge in [0.15, 0.2) is 0 Å². The third kappa shape index (κ3) is 6.57. The Labute approximate surface area is 133 Å². The number of rotatable bonds is 8. The lowest BCUT2D eigenvalue weighted by atomic mass is 9.98. The maximum Gasteiger partial charge on any atom is 0.327 e. The molecule has 1 amide bonds. The molecule has 8 nitrogen and oxygen atoms in total. The minimum absolute atomic E-state index is 0.00847. The van der Waals surface area contributed by atoms with Crippen LogP contribution in [0, 0.1) is 5.92 Å². The van der Waals surface area contributed by atoms with Gasteiger partial charge < -0.3 is 10.4 Å². The zero-order valence-corrected chi connectivity index (χ0v) is 13.1. The van der Waals surface area contributed by atoms with Crippen molar-refractivity contribution in [3.63, 3.8) is 0 Å². The Kier molecular flexibility index (Phi) is 6.40. The summed E-state index contributed by atoms with van der Waals surface area (Å²) in [4.78, 5) is 34.8. The number of aliphatic carboxylic acids is 1. The summed E-state index contributed by atoms with van der Waals surface area (Å²) in [6.07, 6.45) is -0.00847. The lowest BCUT2D eigenvalue weighted by molar-refractivity contribution is -0.143. The van der Waals surface area contributed by atoms with Gasteiger partial charge in [0.05, 0.1) is 5.92 Å². The molecule has 0 aliphatic rings. The highest BCUT2D eigenvalue weighted by atomic mass is 32.2. The van der Waals surface area contributed by atoms with Crippen LogP contribution in [0.4, 0.5) is 0 Å². The van der Waals surface area contributed by atoms with E-state index in [1.807, 2.05) is 5.32 Å². The fourth-order valence-corrected chi connectivity index (χ4v) is 2.43. The van der Waals surface area contributed by atoms with Crippen molar-refractivity contribution >= 4 is 27.8 Å². The Bertz CT molecular complexity index is 684. The maximum atomic E-state index is 12.0. The van der Waals surface area contributed by atoms with Crippen LogP contribution in [-0.4, -0.2) is 47.5 Å². The Morgan fingerprint density at radius 2 is 1.74 bits per heavy atom. The Hall–Kier alpha value is -2.26. The molecule has 0 bridgehead atoms. The normalized spacial score (nSPS) is 13.8. The van der Waals surface area contributed by atoms with Crippen LogP contribution in [0.1, 0.15) is 12.5 Å². The van der Waals surface area contributed by atoms with Crippen molar-refractivity contribution in [2.24, 2.45) is 5.92 Å². The summed E-state index contributed by atoms with van der Waals surface area (Å²) in [6, 6.07) is 6.84. The lowest BCUT2D eigenvalue weighted by Gasteiger charge is -2.16. The molecule has 9 heteroatoms. The smallest absolute Gasteiger partial charge is 0.327 e. The van der Waals surface area contributed by atoms with E-state index in [0.717, 1.165) is 0 Å². The van der Waals surface area contributed by atoms with Gasteiger partial charge in [-0.3, -0.25) is 14.1 Å². The van der Waals surface area contributed by atoms with Crippen molar-refractivity contribution in [2.45, 2.75) is 19.4 Å². The van der Waals surface area contributed by atoms with Gasteiger partial charge in [-0.15, -0.1) is 0 Å². The van der Waals surface area contributed by atoms with Crippen molar-refractivity contribution in [3.05, 3.63) is 35.9 Å². The highest BCUT2D eigenvalue weighted by Crippen LogP contribution is 2.07. The molecule has 1 aromatic rings. The van der Waals surface area contributed by atoms with Crippen LogP contribution in [0.25, 0.3) is 0 Å². The van der Waals surface area contributed by atoms with Crippen molar-refractivity contribution in [2.75, 3.05) is 5.75 Å². The number of benzene rings is 1. The minimum atomic E-state index is -4.59. The summed E-state index contributed by atoms with van der Waals surface area (Å²) in [7, 11) is -4.59. The van der Waals surface area contributed by atoms with Crippen molar-refractivity contribution in [3.8, 4) is 0 Å². The summed E-state index contributed by atoms with van der Waals surface area (Å²) < 4.78 is 30.2. The molecule has 0 spiro atoms. The molecule has 1 aromatic carbocycles. The molecule has 0 saturated carbocycles. The van der Waals surface area contributed by atoms with Crippen LogP contribution in [0.2, 0.25) is 0 Å². The highest BCUT2D eigenvalue weighted by Gasteiger charge is 2.29. The molecule has 126 valence electrons. The number of hydrogen-bond donors (Lipinski definition) is 3. The monoisotopic (exact) mass is 343 g/mol. The van der Waals surface area contributed by atoms with E-state index in [1.54, 1.807) is 30.3 Å². The molecule has 0 aliphatic carbocycles. The fraction of sp³-hybridized carbons (Fsp3) is 0.357. The van der Waals surface area contributed by atoms with E-state index in [-0.39, 0.29) is 6.42 Å². The first-order chi connectivity index (χ1) is 10.6. The molecule has 2 atom stereocenters. The maximum absolute atomic E-state index is 12.0. The SMILES string of the molecule is CC(C(=O)Cc1ccccc1)C(=O)NC(CS(=O)(=O)O)C(=O)O. The molecular weight excluding hydrogens is 326 g/mol. The van der Waals surface area contributed by atoms with Crippen LogP contribution in [0.15, 0.2) is 30.3 Å². The standard InChI is InChI=1S/C14H17NO7S/c1-9(12(16)7-10-5-3-2-4-6-10)13(17)15-11(14(18)19)8-23(20,21)22/h2-6,9,11H,7-8H2,1H3,(H,15,17)(H,18,19)(H,20,21,22). The van der Waals surface area contributed by atoms with Gasteiger partial charge in [0.1, 0.15) is 17.6 Å². The molecule has 1 rings (SSSR count). The molecule has 0 heterocycles. The number of carboxylic acids is 1. The van der Waals surface area contributed by atoms with Crippen LogP contribution >= 0.6 is 0 Å². The molecule has 0 saturated heterocycles. The quantitative estimate of drug-likeness (QED) is 0.442. The van der Waals surface area contributed by atoms with Gasteiger partial charge in [0, 0.05) is 6.42 Å². The van der Waals surface area contributed by atoms with Gasteiger partial charge >= 0.3 is 5.97 Å². The van der Waals surface area contributed by atoms with E-state index in [2.05, 4.69) is 0 Å². The molecule has 0 aliphatic heterocycles. The van der Waals surface area contributed by atoms with Crippen molar-refractivity contribution < 1.29 is 32.5 Å². The van der Waals surface area contributed by atoms with Gasteiger partial charge in [0.2, 0.25) is 5.91 Å². The average molecular weight is 343 g/mol. The van der Waals surface area contributed by atoms with Gasteiger partial charge in [-0.1, -0.05) is 30.3 Å². The first-order valence-electron chi connectivity index (χ1n) is 6.65. The van der Waals surface area contributed by atoms with E-state index < -0.39 is 45.5 Å². The number of carbonyl (C=O) groups is 3. The van der Waals surface area contributed by atoms with Gasteiger partial charge in [0.25, 0.3) is 10.1 Å². The van der Waals surface area contributed by atoms with Crippen LogP contribution in [0.5, 0.6) is 0 Å². The molecule has 2 unspecified atom stereocenters. The number of Topliss-reactive ketones (excluding diaryl/α,β-unsaturated/α-hetero) is 1. The second kappa shape index (κ2) is 7.84. The molecule has 0 aromatic heterocycles. The Morgan fingerprint density at radius 1 is 1.17 bits per heavy atom. The summed E-state index contributed by atoms with van der Waals surface area (Å²) in [5, 5.41) is 10.8. The fourth-order valence-electron chi connectivity index (χ4n) is 1.78. The summed E-state index contributed by atoms with van der Waals surface area (Å²) >= 11 is 0. The Morgan fingerprint density at radius 3 is 2.22 bits per heavy atom. The highest BCUT2D eigenvalue weighted by molar-refractivity contribution is 7.85. The second-order valence-electron chi connectivity index (χ2n) is 5.00. The van der Waals surface area contributed by atoms with E-state index in [9.17, 15) is 22.8 Å². The van der Waals surface area contributed by atoms with Crippen LogP contribution in [-0.2, 0) is 30.9 Å². The minimum Gasteiger partial charge on any atom is -0.480 e.